The van der Waals surface area contributed by atoms with Gasteiger partial charge < -0.3 is 20.5 Å². The van der Waals surface area contributed by atoms with Crippen molar-refractivity contribution in [2.24, 2.45) is 0 Å². The number of aromatic nitrogens is 5. The Morgan fingerprint density at radius 3 is 2.57 bits per heavy atom. The molecule has 0 atom stereocenters. The molecule has 10 heteroatoms. The number of nitrogens with one attached hydrogen (secondary N) is 1. The monoisotopic (exact) mass is 489 g/mol. The summed E-state index contributed by atoms with van der Waals surface area (Å²) in [5.74, 6) is 1.58. The fraction of sp³-hybridized carbons (Fsp3) is 0.400. The summed E-state index contributed by atoms with van der Waals surface area (Å²) in [5, 5.41) is 14.1. The minimum Gasteiger partial charge on any atom is -0.474 e. The SMILES string of the molecule is Nc1nc2cc(Nc3ccc(OC4CCOCC4)nc3)cnc2cc1-c1nnc(C2CCCC2)s1. The lowest BCUT2D eigenvalue weighted by Crippen LogP contribution is -2.26. The lowest BCUT2D eigenvalue weighted by atomic mass is 10.1. The molecule has 1 aliphatic carbocycles. The molecule has 1 saturated carbocycles. The Bertz CT molecular complexity index is 1320. The number of pyridine rings is 3. The Balaban J connectivity index is 1.17. The lowest BCUT2D eigenvalue weighted by Gasteiger charge is -2.22. The molecular weight excluding hydrogens is 462 g/mol. The van der Waals surface area contributed by atoms with Crippen LogP contribution in [0.1, 0.15) is 49.5 Å². The normalized spacial score (nSPS) is 17.1. The van der Waals surface area contributed by atoms with Crippen molar-refractivity contribution in [2.75, 3.05) is 24.3 Å². The van der Waals surface area contributed by atoms with Crippen LogP contribution < -0.4 is 15.8 Å². The molecule has 5 heterocycles. The maximum Gasteiger partial charge on any atom is 0.213 e. The summed E-state index contributed by atoms with van der Waals surface area (Å²) < 4.78 is 11.3. The zero-order valence-corrected chi connectivity index (χ0v) is 20.1. The summed E-state index contributed by atoms with van der Waals surface area (Å²) in [6, 6.07) is 7.69. The van der Waals surface area contributed by atoms with E-state index in [4.69, 9.17) is 15.2 Å². The second kappa shape index (κ2) is 9.71. The van der Waals surface area contributed by atoms with Crippen LogP contribution in [0, 0.1) is 0 Å². The van der Waals surface area contributed by atoms with E-state index < -0.39 is 0 Å². The van der Waals surface area contributed by atoms with Gasteiger partial charge in [0.25, 0.3) is 0 Å². The first-order chi connectivity index (χ1) is 17.2. The fourth-order valence-electron chi connectivity index (χ4n) is 4.64. The molecule has 0 spiro atoms. The minimum atomic E-state index is 0.163. The van der Waals surface area contributed by atoms with Crippen LogP contribution in [-0.2, 0) is 4.74 Å². The summed E-state index contributed by atoms with van der Waals surface area (Å²) in [6.07, 6.45) is 10.4. The van der Waals surface area contributed by atoms with E-state index in [0.717, 1.165) is 58.5 Å². The number of anilines is 3. The minimum absolute atomic E-state index is 0.163. The highest BCUT2D eigenvalue weighted by molar-refractivity contribution is 7.14. The zero-order valence-electron chi connectivity index (χ0n) is 19.3. The van der Waals surface area contributed by atoms with Crippen molar-refractivity contribution in [2.45, 2.75) is 50.5 Å². The molecule has 180 valence electrons. The van der Waals surface area contributed by atoms with Crippen LogP contribution in [0.25, 0.3) is 21.6 Å². The van der Waals surface area contributed by atoms with Crippen LogP contribution in [-0.4, -0.2) is 44.5 Å². The number of nitrogens with two attached hydrogens (primary N) is 1. The largest absolute Gasteiger partial charge is 0.474 e. The number of rotatable bonds is 6. The van der Waals surface area contributed by atoms with Gasteiger partial charge >= 0.3 is 0 Å². The molecule has 0 bridgehead atoms. The van der Waals surface area contributed by atoms with Crippen molar-refractivity contribution in [3.63, 3.8) is 0 Å². The molecule has 4 aromatic rings. The van der Waals surface area contributed by atoms with Gasteiger partial charge in [-0.05, 0) is 31.0 Å². The number of fused-ring (bicyclic) bond motifs is 1. The van der Waals surface area contributed by atoms with Crippen molar-refractivity contribution in [1.82, 2.24) is 25.1 Å². The second-order valence-electron chi connectivity index (χ2n) is 9.05. The van der Waals surface area contributed by atoms with E-state index >= 15 is 0 Å². The van der Waals surface area contributed by atoms with Crippen LogP contribution >= 0.6 is 11.3 Å². The highest BCUT2D eigenvalue weighted by Gasteiger charge is 2.22. The summed E-state index contributed by atoms with van der Waals surface area (Å²) >= 11 is 1.62. The Morgan fingerprint density at radius 1 is 0.943 bits per heavy atom. The number of nitrogen functional groups attached to an aromatic ring is 1. The van der Waals surface area contributed by atoms with Crippen molar-refractivity contribution in [1.29, 1.82) is 0 Å². The zero-order chi connectivity index (χ0) is 23.6. The molecule has 2 aliphatic rings. The first kappa shape index (κ1) is 22.1. The molecule has 3 N–H and O–H groups in total. The van der Waals surface area contributed by atoms with Gasteiger partial charge in [0.1, 0.15) is 16.9 Å². The molecule has 4 aromatic heterocycles. The highest BCUT2D eigenvalue weighted by atomic mass is 32.1. The molecule has 0 amide bonds. The molecule has 35 heavy (non-hydrogen) atoms. The van der Waals surface area contributed by atoms with Gasteiger partial charge in [-0.25, -0.2) is 9.97 Å². The molecule has 2 fully saturated rings. The van der Waals surface area contributed by atoms with Gasteiger partial charge in [0, 0.05) is 24.8 Å². The van der Waals surface area contributed by atoms with Crippen LogP contribution in [0.15, 0.2) is 36.7 Å². The van der Waals surface area contributed by atoms with Gasteiger partial charge in [0.2, 0.25) is 5.88 Å². The van der Waals surface area contributed by atoms with Gasteiger partial charge in [-0.2, -0.15) is 0 Å². The molecule has 9 nitrogen and oxygen atoms in total. The van der Waals surface area contributed by atoms with Crippen LogP contribution in [0.4, 0.5) is 17.2 Å². The third-order valence-electron chi connectivity index (χ3n) is 6.55. The lowest BCUT2D eigenvalue weighted by molar-refractivity contribution is 0.0237. The maximum atomic E-state index is 6.33. The topological polar surface area (TPSA) is 121 Å². The van der Waals surface area contributed by atoms with Gasteiger partial charge in [-0.15, -0.1) is 10.2 Å². The molecule has 6 rings (SSSR count). The average molecular weight is 490 g/mol. The van der Waals surface area contributed by atoms with E-state index in [1.54, 1.807) is 23.7 Å². The summed E-state index contributed by atoms with van der Waals surface area (Å²) in [4.78, 5) is 13.6. The number of hydrogen-bond donors (Lipinski definition) is 2. The average Bonchev–Trinajstić information content (AvgIpc) is 3.58. The molecular formula is C25H27N7O2S. The van der Waals surface area contributed by atoms with Gasteiger partial charge in [-0.1, -0.05) is 24.2 Å². The van der Waals surface area contributed by atoms with E-state index in [-0.39, 0.29) is 6.10 Å². The molecule has 0 aromatic carbocycles. The van der Waals surface area contributed by atoms with Crippen LogP contribution in [0.5, 0.6) is 5.88 Å². The van der Waals surface area contributed by atoms with Gasteiger partial charge in [-0.3, -0.25) is 4.98 Å². The first-order valence-electron chi connectivity index (χ1n) is 12.1. The van der Waals surface area contributed by atoms with Crippen molar-refractivity contribution in [3.05, 3.63) is 41.7 Å². The summed E-state index contributed by atoms with van der Waals surface area (Å²) in [5.41, 5.74) is 10.2. The predicted molar refractivity (Wildman–Crippen MR) is 136 cm³/mol. The summed E-state index contributed by atoms with van der Waals surface area (Å²) in [7, 11) is 0. The Kier molecular flexibility index (Phi) is 6.13. The fourth-order valence-corrected chi connectivity index (χ4v) is 5.68. The third kappa shape index (κ3) is 4.89. The first-order valence-corrected chi connectivity index (χ1v) is 12.9. The van der Waals surface area contributed by atoms with Crippen LogP contribution in [0.3, 0.4) is 0 Å². The Labute approximate surface area is 207 Å². The number of ether oxygens (including phenoxy) is 2. The van der Waals surface area contributed by atoms with Crippen molar-refractivity contribution < 1.29 is 9.47 Å². The molecule has 0 unspecified atom stereocenters. The Hall–Kier alpha value is -3.37. The highest BCUT2D eigenvalue weighted by Crippen LogP contribution is 2.39. The van der Waals surface area contributed by atoms with Gasteiger partial charge in [0.15, 0.2) is 5.01 Å². The molecule has 1 saturated heterocycles. The van der Waals surface area contributed by atoms with E-state index in [2.05, 4.69) is 30.5 Å². The Morgan fingerprint density at radius 2 is 1.77 bits per heavy atom. The quantitative estimate of drug-likeness (QED) is 0.382. The second-order valence-corrected chi connectivity index (χ2v) is 10.1. The van der Waals surface area contributed by atoms with E-state index in [1.165, 1.54) is 25.7 Å². The number of hydrogen-bond acceptors (Lipinski definition) is 10. The standard InChI is InChI=1S/C25H27N7O2S/c26-23-19(25-32-31-24(35-25)15-3-1-2-4-15)12-20-21(30-23)11-17(14-27-20)29-16-5-6-22(28-13-16)34-18-7-9-33-10-8-18/h5-6,11-15,18,29H,1-4,7-10H2,(H2,26,30). The smallest absolute Gasteiger partial charge is 0.213 e. The van der Waals surface area contributed by atoms with Crippen LogP contribution in [0.2, 0.25) is 0 Å². The van der Waals surface area contributed by atoms with E-state index in [1.807, 2.05) is 24.3 Å². The predicted octanol–water partition coefficient (Wildman–Crippen LogP) is 5.08. The van der Waals surface area contributed by atoms with Gasteiger partial charge in [0.05, 0.1) is 53.6 Å². The number of nitrogens with zero attached hydrogens (tertiary/aromatic N) is 5. The molecule has 0 radical (unpaired) electrons. The summed E-state index contributed by atoms with van der Waals surface area (Å²) in [6.45, 7) is 1.48. The molecule has 1 aliphatic heterocycles. The third-order valence-corrected chi connectivity index (χ3v) is 7.67. The van der Waals surface area contributed by atoms with E-state index in [0.29, 0.717) is 23.1 Å². The van der Waals surface area contributed by atoms with Crippen molar-refractivity contribution >= 4 is 39.6 Å². The van der Waals surface area contributed by atoms with E-state index in [9.17, 15) is 0 Å². The van der Waals surface area contributed by atoms with Crippen molar-refractivity contribution in [3.8, 4) is 16.5 Å². The maximum absolute atomic E-state index is 6.33.